The van der Waals surface area contributed by atoms with Crippen LogP contribution in [0.15, 0.2) is 30.3 Å². The van der Waals surface area contributed by atoms with Crippen LogP contribution in [-0.4, -0.2) is 13.2 Å². The van der Waals surface area contributed by atoms with Gasteiger partial charge in [0, 0.05) is 11.8 Å². The summed E-state index contributed by atoms with van der Waals surface area (Å²) in [5.41, 5.74) is 0. The van der Waals surface area contributed by atoms with E-state index in [0.717, 1.165) is 12.8 Å². The fraction of sp³-hybridized carbons (Fsp3) is 0.500. The molecule has 0 aromatic heterocycles. The van der Waals surface area contributed by atoms with Crippen LogP contribution in [0.5, 0.6) is 5.75 Å². The van der Waals surface area contributed by atoms with Crippen molar-refractivity contribution in [1.29, 1.82) is 0 Å². The Balaban J connectivity index is 2.65. The molecule has 96 valence electrons. The van der Waals surface area contributed by atoms with Crippen molar-refractivity contribution < 1.29 is 13.6 Å². The van der Waals surface area contributed by atoms with E-state index in [-0.39, 0.29) is 0 Å². The Kier molecular flexibility index (Phi) is 6.75. The van der Waals surface area contributed by atoms with E-state index in [4.69, 9.17) is 25.4 Å². The molecule has 0 unspecified atom stereocenters. The molecule has 0 heterocycles. The molecule has 0 spiro atoms. The highest BCUT2D eigenvalue weighted by Crippen LogP contribution is 2.49. The fourth-order valence-electron chi connectivity index (χ4n) is 1.11. The second kappa shape index (κ2) is 7.83. The van der Waals surface area contributed by atoms with Crippen LogP contribution in [0, 0.1) is 0 Å². The minimum atomic E-state index is -2.64. The molecule has 0 N–H and O–H groups in total. The summed E-state index contributed by atoms with van der Waals surface area (Å²) in [6, 6.07) is 9.43. The third-order valence-corrected chi connectivity index (χ3v) is 4.16. The second-order valence-corrected chi connectivity index (χ2v) is 6.45. The maximum Gasteiger partial charge on any atom is 0.380 e. The van der Waals surface area contributed by atoms with Gasteiger partial charge >= 0.3 is 6.72 Å². The molecule has 1 rings (SSSR count). The standard InChI is InChI=1S/C12H19O3PS/c1-3-10-13-16(17,14-11-4-2)15-12-8-6-5-7-9-12/h5-9H,3-4,10-11H2,1-2H3. The van der Waals surface area contributed by atoms with Crippen molar-refractivity contribution in [3.05, 3.63) is 30.3 Å². The monoisotopic (exact) mass is 274 g/mol. The summed E-state index contributed by atoms with van der Waals surface area (Å²) in [6.45, 7) is 2.55. The van der Waals surface area contributed by atoms with Crippen molar-refractivity contribution in [2.75, 3.05) is 13.2 Å². The predicted molar refractivity (Wildman–Crippen MR) is 73.8 cm³/mol. The maximum atomic E-state index is 5.69. The molecule has 0 saturated carbocycles. The topological polar surface area (TPSA) is 27.7 Å². The quantitative estimate of drug-likeness (QED) is 0.666. The van der Waals surface area contributed by atoms with Crippen LogP contribution in [-0.2, 0) is 20.9 Å². The molecule has 0 aliphatic carbocycles. The molecule has 1 aromatic rings. The average Bonchev–Trinajstić information content (AvgIpc) is 2.35. The molecule has 0 aliphatic heterocycles. The van der Waals surface area contributed by atoms with Crippen LogP contribution in [0.4, 0.5) is 0 Å². The van der Waals surface area contributed by atoms with Gasteiger partial charge in [0.25, 0.3) is 0 Å². The van der Waals surface area contributed by atoms with Gasteiger partial charge in [-0.15, -0.1) is 0 Å². The van der Waals surface area contributed by atoms with Crippen LogP contribution in [0.3, 0.4) is 0 Å². The van der Waals surface area contributed by atoms with Crippen molar-refractivity contribution in [3.63, 3.8) is 0 Å². The first-order valence-corrected chi connectivity index (χ1v) is 8.39. The lowest BCUT2D eigenvalue weighted by Gasteiger charge is -2.21. The summed E-state index contributed by atoms with van der Waals surface area (Å²) < 4.78 is 16.8. The molecule has 0 saturated heterocycles. The van der Waals surface area contributed by atoms with Gasteiger partial charge in [-0.1, -0.05) is 32.0 Å². The van der Waals surface area contributed by atoms with Crippen LogP contribution in [0.1, 0.15) is 26.7 Å². The second-order valence-electron chi connectivity index (χ2n) is 3.52. The minimum absolute atomic E-state index is 0.563. The number of para-hydroxylation sites is 1. The Morgan fingerprint density at radius 3 is 2.00 bits per heavy atom. The van der Waals surface area contributed by atoms with Gasteiger partial charge in [-0.25, -0.2) is 0 Å². The molecular formula is C12H19O3PS. The summed E-state index contributed by atoms with van der Waals surface area (Å²) in [7, 11) is 0. The van der Waals surface area contributed by atoms with E-state index in [9.17, 15) is 0 Å². The van der Waals surface area contributed by atoms with E-state index in [0.29, 0.717) is 19.0 Å². The zero-order chi connectivity index (χ0) is 12.6. The van der Waals surface area contributed by atoms with Gasteiger partial charge in [0.1, 0.15) is 5.75 Å². The molecular weight excluding hydrogens is 255 g/mol. The van der Waals surface area contributed by atoms with Crippen molar-refractivity contribution in [3.8, 4) is 5.75 Å². The molecule has 17 heavy (non-hydrogen) atoms. The van der Waals surface area contributed by atoms with Gasteiger partial charge in [-0.3, -0.25) is 9.05 Å². The van der Waals surface area contributed by atoms with Gasteiger partial charge in [0.05, 0.1) is 13.2 Å². The molecule has 0 aliphatic rings. The van der Waals surface area contributed by atoms with E-state index in [1.807, 2.05) is 44.2 Å². The Hall–Kier alpha value is -0.410. The number of hydrogen-bond donors (Lipinski definition) is 0. The number of rotatable bonds is 8. The summed E-state index contributed by atoms with van der Waals surface area (Å²) in [4.78, 5) is 0. The lowest BCUT2D eigenvalue weighted by Crippen LogP contribution is -2.03. The summed E-state index contributed by atoms with van der Waals surface area (Å²) >= 11 is 5.36. The van der Waals surface area contributed by atoms with Gasteiger partial charge in [0.15, 0.2) is 0 Å². The SMILES string of the molecule is CCCOP(=S)(OCCC)Oc1ccccc1. The van der Waals surface area contributed by atoms with E-state index in [1.54, 1.807) is 0 Å². The molecule has 3 nitrogen and oxygen atoms in total. The largest absolute Gasteiger partial charge is 0.424 e. The van der Waals surface area contributed by atoms with E-state index < -0.39 is 6.72 Å². The highest BCUT2D eigenvalue weighted by Gasteiger charge is 2.21. The summed E-state index contributed by atoms with van der Waals surface area (Å²) in [5.74, 6) is 0.697. The van der Waals surface area contributed by atoms with E-state index in [1.165, 1.54) is 0 Å². The maximum absolute atomic E-state index is 5.69. The van der Waals surface area contributed by atoms with E-state index in [2.05, 4.69) is 0 Å². The molecule has 0 bridgehead atoms. The molecule has 0 amide bonds. The first kappa shape index (κ1) is 14.7. The Bertz CT molecular complexity index is 344. The van der Waals surface area contributed by atoms with Crippen LogP contribution in [0.25, 0.3) is 0 Å². The summed E-state index contributed by atoms with van der Waals surface area (Å²) in [6.07, 6.45) is 1.79. The molecule has 5 heteroatoms. The highest BCUT2D eigenvalue weighted by molar-refractivity contribution is 8.07. The Morgan fingerprint density at radius 1 is 1.00 bits per heavy atom. The van der Waals surface area contributed by atoms with Crippen LogP contribution < -0.4 is 4.52 Å². The number of hydrogen-bond acceptors (Lipinski definition) is 4. The number of benzene rings is 1. The Morgan fingerprint density at radius 2 is 1.53 bits per heavy atom. The van der Waals surface area contributed by atoms with E-state index >= 15 is 0 Å². The first-order valence-electron chi connectivity index (χ1n) is 5.84. The zero-order valence-corrected chi connectivity index (χ0v) is 12.0. The third-order valence-electron chi connectivity index (χ3n) is 1.87. The normalized spacial score (nSPS) is 11.4. The first-order chi connectivity index (χ1) is 8.20. The lowest BCUT2D eigenvalue weighted by atomic mass is 10.3. The average molecular weight is 274 g/mol. The van der Waals surface area contributed by atoms with Gasteiger partial charge in [0.2, 0.25) is 0 Å². The lowest BCUT2D eigenvalue weighted by molar-refractivity contribution is 0.202. The van der Waals surface area contributed by atoms with Crippen LogP contribution >= 0.6 is 6.72 Å². The van der Waals surface area contributed by atoms with Crippen molar-refractivity contribution in [2.24, 2.45) is 0 Å². The summed E-state index contributed by atoms with van der Waals surface area (Å²) in [5, 5.41) is 0. The minimum Gasteiger partial charge on any atom is -0.424 e. The molecule has 0 fully saturated rings. The Labute approximate surface area is 108 Å². The van der Waals surface area contributed by atoms with Gasteiger partial charge in [-0.2, -0.15) is 0 Å². The smallest absolute Gasteiger partial charge is 0.380 e. The molecule has 1 aromatic carbocycles. The molecule has 0 atom stereocenters. The van der Waals surface area contributed by atoms with Crippen molar-refractivity contribution in [2.45, 2.75) is 26.7 Å². The molecule has 0 radical (unpaired) electrons. The highest BCUT2D eigenvalue weighted by atomic mass is 32.5. The predicted octanol–water partition coefficient (Wildman–Crippen LogP) is 4.14. The van der Waals surface area contributed by atoms with Crippen molar-refractivity contribution >= 4 is 18.5 Å². The fourth-order valence-corrected chi connectivity index (χ4v) is 3.18. The third kappa shape index (κ3) is 5.64. The van der Waals surface area contributed by atoms with Gasteiger partial charge < -0.3 is 4.52 Å². The van der Waals surface area contributed by atoms with Crippen LogP contribution in [0.2, 0.25) is 0 Å². The zero-order valence-electron chi connectivity index (χ0n) is 10.3. The van der Waals surface area contributed by atoms with Gasteiger partial charge in [-0.05, 0) is 25.0 Å². The van der Waals surface area contributed by atoms with Crippen molar-refractivity contribution in [1.82, 2.24) is 0 Å².